The molecule has 0 bridgehead atoms. The van der Waals surface area contributed by atoms with Gasteiger partial charge in [-0.15, -0.1) is 0 Å². The van der Waals surface area contributed by atoms with Crippen molar-refractivity contribution in [2.45, 2.75) is 25.4 Å². The number of hydrogen-bond acceptors (Lipinski definition) is 3. The molecule has 0 N–H and O–H groups in total. The predicted molar refractivity (Wildman–Crippen MR) is 75.3 cm³/mol. The second-order valence-electron chi connectivity index (χ2n) is 5.02. The fraction of sp³-hybridized carbons (Fsp3) is 0.467. The summed E-state index contributed by atoms with van der Waals surface area (Å²) >= 11 is 0. The van der Waals surface area contributed by atoms with E-state index in [4.69, 9.17) is 4.74 Å². The van der Waals surface area contributed by atoms with Crippen molar-refractivity contribution in [1.29, 1.82) is 0 Å². The molecule has 22 heavy (non-hydrogen) atoms. The van der Waals surface area contributed by atoms with E-state index >= 15 is 0 Å². The molecular weight excluding hydrogens is 297 g/mol. The molecule has 0 fully saturated rings. The first-order valence-electron chi connectivity index (χ1n) is 6.93. The molecule has 0 saturated carbocycles. The minimum absolute atomic E-state index is 0.319. The highest BCUT2D eigenvalue weighted by molar-refractivity contribution is 5.78. The van der Waals surface area contributed by atoms with Crippen LogP contribution in [0.2, 0.25) is 0 Å². The van der Waals surface area contributed by atoms with Gasteiger partial charge in [0, 0.05) is 19.5 Å². The van der Waals surface area contributed by atoms with Crippen LogP contribution in [0, 0.1) is 0 Å². The minimum atomic E-state index is -4.29. The van der Waals surface area contributed by atoms with E-state index in [9.17, 15) is 18.0 Å². The van der Waals surface area contributed by atoms with E-state index in [0.29, 0.717) is 25.3 Å². The van der Waals surface area contributed by atoms with E-state index in [1.165, 1.54) is 4.90 Å². The van der Waals surface area contributed by atoms with Crippen LogP contribution in [0.1, 0.15) is 25.0 Å². The summed E-state index contributed by atoms with van der Waals surface area (Å²) in [5, 5.41) is 0. The summed E-state index contributed by atoms with van der Waals surface area (Å²) in [6, 6.07) is 3.62. The van der Waals surface area contributed by atoms with Crippen LogP contribution in [0.25, 0.3) is 5.57 Å². The van der Waals surface area contributed by atoms with Crippen LogP contribution in [-0.4, -0.2) is 42.2 Å². The Morgan fingerprint density at radius 1 is 1.41 bits per heavy atom. The summed E-state index contributed by atoms with van der Waals surface area (Å²) in [4.78, 5) is 17.4. The lowest BCUT2D eigenvalue weighted by Gasteiger charge is -2.26. The number of aromatic nitrogens is 1. The van der Waals surface area contributed by atoms with Crippen LogP contribution in [-0.2, 0) is 4.79 Å². The third-order valence-corrected chi connectivity index (χ3v) is 3.49. The van der Waals surface area contributed by atoms with Gasteiger partial charge < -0.3 is 9.64 Å². The zero-order chi connectivity index (χ0) is 16.2. The van der Waals surface area contributed by atoms with E-state index in [1.54, 1.807) is 19.4 Å². The van der Waals surface area contributed by atoms with Crippen molar-refractivity contribution >= 4 is 11.5 Å². The highest BCUT2D eigenvalue weighted by atomic mass is 19.4. The van der Waals surface area contributed by atoms with Crippen molar-refractivity contribution in [3.05, 3.63) is 30.1 Å². The number of ether oxygens (including phenoxy) is 1. The lowest BCUT2D eigenvalue weighted by molar-refractivity contribution is -0.148. The van der Waals surface area contributed by atoms with Gasteiger partial charge in [-0.2, -0.15) is 13.2 Å². The number of rotatable bonds is 4. The van der Waals surface area contributed by atoms with Gasteiger partial charge in [-0.05, 0) is 24.1 Å². The van der Waals surface area contributed by atoms with Gasteiger partial charge in [-0.3, -0.25) is 9.78 Å². The number of amides is 1. The molecule has 0 aliphatic carbocycles. The Bertz CT molecular complexity index is 553. The Kier molecular flexibility index (Phi) is 5.05. The monoisotopic (exact) mass is 314 g/mol. The Hall–Kier alpha value is -2.05. The van der Waals surface area contributed by atoms with E-state index in [2.05, 4.69) is 4.98 Å². The van der Waals surface area contributed by atoms with E-state index < -0.39 is 24.9 Å². The van der Waals surface area contributed by atoms with Crippen molar-refractivity contribution in [3.8, 4) is 5.75 Å². The van der Waals surface area contributed by atoms with Gasteiger partial charge >= 0.3 is 6.18 Å². The molecule has 1 aromatic heterocycles. The smallest absolute Gasteiger partial charge is 0.389 e. The summed E-state index contributed by atoms with van der Waals surface area (Å²) in [5.41, 5.74) is 1.78. The molecule has 1 aliphatic rings. The molecule has 1 aliphatic heterocycles. The van der Waals surface area contributed by atoms with Crippen molar-refractivity contribution in [3.63, 3.8) is 0 Å². The molecule has 0 atom stereocenters. The van der Waals surface area contributed by atoms with Gasteiger partial charge in [0.2, 0.25) is 5.91 Å². The molecule has 0 radical (unpaired) electrons. The quantitative estimate of drug-likeness (QED) is 0.858. The number of hydrogen-bond donors (Lipinski definition) is 0. The Morgan fingerprint density at radius 2 is 2.18 bits per heavy atom. The van der Waals surface area contributed by atoms with Crippen LogP contribution < -0.4 is 4.74 Å². The number of methoxy groups -OCH3 is 1. The first-order chi connectivity index (χ1) is 10.4. The maximum absolute atomic E-state index is 12.1. The molecule has 0 spiro atoms. The van der Waals surface area contributed by atoms with E-state index in [1.807, 2.05) is 12.1 Å². The SMILES string of the molecule is COc1ccc(C2=CCN(C(=O)CCC(F)(F)F)CC2)nc1. The van der Waals surface area contributed by atoms with Crippen molar-refractivity contribution in [2.24, 2.45) is 0 Å². The molecule has 0 saturated heterocycles. The first-order valence-corrected chi connectivity index (χ1v) is 6.93. The predicted octanol–water partition coefficient (Wildman–Crippen LogP) is 3.05. The molecule has 120 valence electrons. The highest BCUT2D eigenvalue weighted by Crippen LogP contribution is 2.25. The van der Waals surface area contributed by atoms with E-state index in [-0.39, 0.29) is 0 Å². The zero-order valence-corrected chi connectivity index (χ0v) is 12.2. The second kappa shape index (κ2) is 6.81. The van der Waals surface area contributed by atoms with Crippen molar-refractivity contribution < 1.29 is 22.7 Å². The average Bonchev–Trinajstić information content (AvgIpc) is 2.52. The normalized spacial score (nSPS) is 15.5. The summed E-state index contributed by atoms with van der Waals surface area (Å²) in [7, 11) is 1.56. The van der Waals surface area contributed by atoms with Gasteiger partial charge in [-0.25, -0.2) is 0 Å². The van der Waals surface area contributed by atoms with Crippen LogP contribution in [0.4, 0.5) is 13.2 Å². The summed E-state index contributed by atoms with van der Waals surface area (Å²) in [6.07, 6.45) is -1.83. The summed E-state index contributed by atoms with van der Waals surface area (Å²) in [6.45, 7) is 0.732. The lowest BCUT2D eigenvalue weighted by Crippen LogP contribution is -2.35. The second-order valence-corrected chi connectivity index (χ2v) is 5.02. The van der Waals surface area contributed by atoms with Gasteiger partial charge in [0.1, 0.15) is 5.75 Å². The average molecular weight is 314 g/mol. The number of alkyl halides is 3. The minimum Gasteiger partial charge on any atom is -0.495 e. The summed E-state index contributed by atoms with van der Waals surface area (Å²) < 4.78 is 41.4. The number of carbonyl (C=O) groups excluding carboxylic acids is 1. The lowest BCUT2D eigenvalue weighted by atomic mass is 10.0. The van der Waals surface area contributed by atoms with E-state index in [0.717, 1.165) is 11.3 Å². The number of nitrogens with zero attached hydrogens (tertiary/aromatic N) is 2. The van der Waals surface area contributed by atoms with Crippen LogP contribution in [0.5, 0.6) is 5.75 Å². The zero-order valence-electron chi connectivity index (χ0n) is 12.2. The summed E-state index contributed by atoms with van der Waals surface area (Å²) in [5.74, 6) is 0.194. The molecule has 1 aromatic rings. The molecule has 2 rings (SSSR count). The fourth-order valence-electron chi connectivity index (χ4n) is 2.23. The van der Waals surface area contributed by atoms with Gasteiger partial charge in [0.25, 0.3) is 0 Å². The molecule has 1 amide bonds. The maximum atomic E-state index is 12.1. The Labute approximate surface area is 126 Å². The number of halogens is 3. The number of pyridine rings is 1. The molecule has 7 heteroatoms. The Morgan fingerprint density at radius 3 is 2.68 bits per heavy atom. The van der Waals surface area contributed by atoms with Crippen LogP contribution in [0.15, 0.2) is 24.4 Å². The third kappa shape index (κ3) is 4.47. The first kappa shape index (κ1) is 16.3. The maximum Gasteiger partial charge on any atom is 0.389 e. The molecule has 4 nitrogen and oxygen atoms in total. The third-order valence-electron chi connectivity index (χ3n) is 3.49. The molecular formula is C15H17F3N2O2. The number of carbonyl (C=O) groups is 1. The van der Waals surface area contributed by atoms with Gasteiger partial charge in [0.15, 0.2) is 0 Å². The van der Waals surface area contributed by atoms with Gasteiger partial charge in [-0.1, -0.05) is 6.08 Å². The standard InChI is InChI=1S/C15H17F3N2O2/c1-22-12-2-3-13(19-10-12)11-5-8-20(9-6-11)14(21)4-7-15(16,17)18/h2-3,5,10H,4,6-9H2,1H3. The van der Waals surface area contributed by atoms with Crippen molar-refractivity contribution in [2.75, 3.05) is 20.2 Å². The molecule has 0 unspecified atom stereocenters. The van der Waals surface area contributed by atoms with Gasteiger partial charge in [0.05, 0.1) is 25.4 Å². The molecule has 2 heterocycles. The Balaban J connectivity index is 1.92. The topological polar surface area (TPSA) is 42.4 Å². The fourth-order valence-corrected chi connectivity index (χ4v) is 2.23. The van der Waals surface area contributed by atoms with Crippen LogP contribution in [0.3, 0.4) is 0 Å². The van der Waals surface area contributed by atoms with Crippen LogP contribution >= 0.6 is 0 Å². The molecule has 0 aromatic carbocycles. The van der Waals surface area contributed by atoms with Crippen molar-refractivity contribution in [1.82, 2.24) is 9.88 Å². The highest BCUT2D eigenvalue weighted by Gasteiger charge is 2.29. The largest absolute Gasteiger partial charge is 0.495 e.